The number of amides is 2. The van der Waals surface area contributed by atoms with Crippen molar-refractivity contribution in [3.63, 3.8) is 0 Å². The average molecular weight is 387 g/mol. The van der Waals surface area contributed by atoms with Crippen LogP contribution in [0.2, 0.25) is 0 Å². The van der Waals surface area contributed by atoms with Crippen LogP contribution < -0.4 is 0 Å². The molecule has 0 unspecified atom stereocenters. The SMILES string of the molecule is CC(C)CN1C[C@@H](c2ccccc2)[C@@]2(CCCN(C(=O)OC(C)(C)C)C2)C1=O. The Labute approximate surface area is 169 Å². The molecule has 1 aromatic rings. The van der Waals surface area contributed by atoms with Crippen molar-refractivity contribution in [3.8, 4) is 0 Å². The lowest BCUT2D eigenvalue weighted by Crippen LogP contribution is -2.52. The summed E-state index contributed by atoms with van der Waals surface area (Å²) in [5.74, 6) is 0.717. The number of hydrogen-bond donors (Lipinski definition) is 0. The number of nitrogens with zero attached hydrogens (tertiary/aromatic N) is 2. The Kier molecular flexibility index (Phi) is 5.74. The van der Waals surface area contributed by atoms with Crippen molar-refractivity contribution in [2.75, 3.05) is 26.2 Å². The van der Waals surface area contributed by atoms with Crippen molar-refractivity contribution in [1.29, 1.82) is 0 Å². The molecule has 5 heteroatoms. The molecule has 5 nitrogen and oxygen atoms in total. The summed E-state index contributed by atoms with van der Waals surface area (Å²) in [4.78, 5) is 30.1. The number of rotatable bonds is 3. The van der Waals surface area contributed by atoms with Crippen LogP contribution in [-0.2, 0) is 9.53 Å². The highest BCUT2D eigenvalue weighted by atomic mass is 16.6. The maximum absolute atomic E-state index is 13.6. The molecule has 2 saturated heterocycles. The van der Waals surface area contributed by atoms with E-state index in [-0.39, 0.29) is 17.9 Å². The Morgan fingerprint density at radius 1 is 1.25 bits per heavy atom. The van der Waals surface area contributed by atoms with Gasteiger partial charge in [0.05, 0.1) is 5.41 Å². The van der Waals surface area contributed by atoms with E-state index in [1.165, 1.54) is 5.56 Å². The number of benzene rings is 1. The van der Waals surface area contributed by atoms with Gasteiger partial charge in [0, 0.05) is 32.1 Å². The van der Waals surface area contributed by atoms with E-state index < -0.39 is 11.0 Å². The summed E-state index contributed by atoms with van der Waals surface area (Å²) in [7, 11) is 0. The van der Waals surface area contributed by atoms with Crippen molar-refractivity contribution < 1.29 is 14.3 Å². The molecule has 2 aliphatic heterocycles. The quantitative estimate of drug-likeness (QED) is 0.779. The predicted molar refractivity (Wildman–Crippen MR) is 110 cm³/mol. The number of hydrogen-bond acceptors (Lipinski definition) is 3. The van der Waals surface area contributed by atoms with Crippen LogP contribution in [0.1, 0.15) is 58.9 Å². The van der Waals surface area contributed by atoms with E-state index in [1.807, 2.05) is 43.9 Å². The fourth-order valence-corrected chi connectivity index (χ4v) is 4.68. The first-order valence-corrected chi connectivity index (χ1v) is 10.4. The van der Waals surface area contributed by atoms with E-state index >= 15 is 0 Å². The Morgan fingerprint density at radius 2 is 1.93 bits per heavy atom. The molecule has 0 bridgehead atoms. The number of ether oxygens (including phenoxy) is 1. The van der Waals surface area contributed by atoms with Gasteiger partial charge in [-0.25, -0.2) is 4.79 Å². The van der Waals surface area contributed by atoms with Gasteiger partial charge in [-0.1, -0.05) is 44.2 Å². The lowest BCUT2D eigenvalue weighted by Gasteiger charge is -2.42. The van der Waals surface area contributed by atoms with Crippen molar-refractivity contribution in [3.05, 3.63) is 35.9 Å². The number of carbonyl (C=O) groups excluding carboxylic acids is 2. The third-order valence-electron chi connectivity index (χ3n) is 5.75. The van der Waals surface area contributed by atoms with Gasteiger partial charge in [-0.3, -0.25) is 4.79 Å². The third-order valence-corrected chi connectivity index (χ3v) is 5.75. The van der Waals surface area contributed by atoms with Crippen LogP contribution in [0.5, 0.6) is 0 Å². The van der Waals surface area contributed by atoms with Gasteiger partial charge < -0.3 is 14.5 Å². The van der Waals surface area contributed by atoms with Gasteiger partial charge in [0.15, 0.2) is 0 Å². The fraction of sp³-hybridized carbons (Fsp3) is 0.652. The Bertz CT molecular complexity index is 710. The molecule has 28 heavy (non-hydrogen) atoms. The predicted octanol–water partition coefficient (Wildman–Crippen LogP) is 4.29. The van der Waals surface area contributed by atoms with Crippen LogP contribution in [0.3, 0.4) is 0 Å². The second-order valence-electron chi connectivity index (χ2n) is 9.73. The smallest absolute Gasteiger partial charge is 0.410 e. The minimum absolute atomic E-state index is 0.102. The minimum atomic E-state index is -0.550. The number of likely N-dealkylation sites (tertiary alicyclic amines) is 2. The summed E-state index contributed by atoms with van der Waals surface area (Å²) in [6.45, 7) is 12.5. The Balaban J connectivity index is 1.91. The molecule has 1 aromatic carbocycles. The minimum Gasteiger partial charge on any atom is -0.444 e. The highest BCUT2D eigenvalue weighted by molar-refractivity contribution is 5.88. The fourth-order valence-electron chi connectivity index (χ4n) is 4.68. The van der Waals surface area contributed by atoms with E-state index in [0.717, 1.165) is 25.9 Å². The van der Waals surface area contributed by atoms with Gasteiger partial charge in [-0.15, -0.1) is 0 Å². The molecule has 154 valence electrons. The summed E-state index contributed by atoms with van der Waals surface area (Å²) in [6.07, 6.45) is 1.33. The Hall–Kier alpha value is -2.04. The molecule has 2 amide bonds. The summed E-state index contributed by atoms with van der Waals surface area (Å²) in [5, 5.41) is 0. The normalized spacial score (nSPS) is 25.6. The molecule has 3 rings (SSSR count). The van der Waals surface area contributed by atoms with Crippen molar-refractivity contribution in [1.82, 2.24) is 9.80 Å². The third kappa shape index (κ3) is 4.18. The molecule has 2 atom stereocenters. The molecule has 0 radical (unpaired) electrons. The molecule has 2 heterocycles. The van der Waals surface area contributed by atoms with Crippen molar-refractivity contribution in [2.24, 2.45) is 11.3 Å². The van der Waals surface area contributed by atoms with Gasteiger partial charge >= 0.3 is 6.09 Å². The van der Waals surface area contributed by atoms with Gasteiger partial charge in [-0.05, 0) is 45.1 Å². The average Bonchev–Trinajstić information content (AvgIpc) is 2.86. The second-order valence-corrected chi connectivity index (χ2v) is 9.73. The standard InChI is InChI=1S/C23H34N2O3/c1-17(2)14-25-15-19(18-10-7-6-8-11-18)23(20(25)26)12-9-13-24(16-23)21(27)28-22(3,4)5/h6-8,10-11,17,19H,9,12-16H2,1-5H3/t19-,23-/m0/s1. The molecule has 0 saturated carbocycles. The summed E-state index contributed by atoms with van der Waals surface area (Å²) in [6, 6.07) is 10.3. The largest absolute Gasteiger partial charge is 0.444 e. The zero-order valence-electron chi connectivity index (χ0n) is 17.9. The number of carbonyl (C=O) groups is 2. The molecule has 2 fully saturated rings. The van der Waals surface area contributed by atoms with E-state index in [2.05, 4.69) is 26.0 Å². The van der Waals surface area contributed by atoms with Crippen LogP contribution in [-0.4, -0.2) is 53.6 Å². The molecular weight excluding hydrogens is 352 g/mol. The van der Waals surface area contributed by atoms with E-state index in [9.17, 15) is 9.59 Å². The van der Waals surface area contributed by atoms with Crippen LogP contribution in [0.25, 0.3) is 0 Å². The maximum atomic E-state index is 13.6. The zero-order valence-corrected chi connectivity index (χ0v) is 17.9. The summed E-state index contributed by atoms with van der Waals surface area (Å²) >= 11 is 0. The first-order valence-electron chi connectivity index (χ1n) is 10.4. The van der Waals surface area contributed by atoms with Crippen LogP contribution in [0.4, 0.5) is 4.79 Å². The van der Waals surface area contributed by atoms with Crippen LogP contribution in [0.15, 0.2) is 30.3 Å². The summed E-state index contributed by atoms with van der Waals surface area (Å²) in [5.41, 5.74) is 0.100. The lowest BCUT2D eigenvalue weighted by molar-refractivity contribution is -0.139. The van der Waals surface area contributed by atoms with Gasteiger partial charge in [0.2, 0.25) is 5.91 Å². The molecule has 0 N–H and O–H groups in total. The lowest BCUT2D eigenvalue weighted by atomic mass is 9.69. The second kappa shape index (κ2) is 7.76. The van der Waals surface area contributed by atoms with E-state index in [1.54, 1.807) is 4.90 Å². The highest BCUT2D eigenvalue weighted by Gasteiger charge is 2.56. The maximum Gasteiger partial charge on any atom is 0.410 e. The molecule has 0 aromatic heterocycles. The first kappa shape index (κ1) is 20.7. The van der Waals surface area contributed by atoms with Crippen molar-refractivity contribution >= 4 is 12.0 Å². The number of piperidine rings is 1. The topological polar surface area (TPSA) is 49.9 Å². The summed E-state index contributed by atoms with van der Waals surface area (Å²) < 4.78 is 5.61. The van der Waals surface area contributed by atoms with Gasteiger partial charge in [0.1, 0.15) is 5.60 Å². The van der Waals surface area contributed by atoms with Gasteiger partial charge in [-0.2, -0.15) is 0 Å². The zero-order chi connectivity index (χ0) is 20.5. The monoisotopic (exact) mass is 386 g/mol. The molecule has 0 aliphatic carbocycles. The van der Waals surface area contributed by atoms with Crippen molar-refractivity contribution in [2.45, 2.75) is 59.0 Å². The van der Waals surface area contributed by atoms with Crippen LogP contribution >= 0.6 is 0 Å². The molecule has 2 aliphatic rings. The Morgan fingerprint density at radius 3 is 2.54 bits per heavy atom. The van der Waals surface area contributed by atoms with Gasteiger partial charge in [0.25, 0.3) is 0 Å². The first-order chi connectivity index (χ1) is 13.1. The van der Waals surface area contributed by atoms with E-state index in [4.69, 9.17) is 4.74 Å². The molecular formula is C23H34N2O3. The van der Waals surface area contributed by atoms with Crippen LogP contribution in [0, 0.1) is 11.3 Å². The molecule has 1 spiro atoms. The highest BCUT2D eigenvalue weighted by Crippen LogP contribution is 2.49. The van der Waals surface area contributed by atoms with E-state index in [0.29, 0.717) is 19.0 Å².